The van der Waals surface area contributed by atoms with Gasteiger partial charge in [-0.25, -0.2) is 4.39 Å². The van der Waals surface area contributed by atoms with Crippen molar-refractivity contribution >= 4 is 0 Å². The van der Waals surface area contributed by atoms with E-state index < -0.39 is 0 Å². The Kier molecular flexibility index (Phi) is 2.97. The number of halogens is 1. The first kappa shape index (κ1) is 10.8. The molecule has 0 bridgehead atoms. The van der Waals surface area contributed by atoms with Crippen molar-refractivity contribution < 1.29 is 4.39 Å². The lowest BCUT2D eigenvalue weighted by Crippen LogP contribution is -2.01. The molecule has 2 nitrogen and oxygen atoms in total. The Morgan fingerprint density at radius 1 is 1.19 bits per heavy atom. The van der Waals surface area contributed by atoms with Gasteiger partial charge >= 0.3 is 0 Å². The van der Waals surface area contributed by atoms with Gasteiger partial charge in [-0.3, -0.25) is 4.98 Å². The summed E-state index contributed by atoms with van der Waals surface area (Å²) in [4.78, 5) is 4.10. The molecule has 0 saturated carbocycles. The van der Waals surface area contributed by atoms with Gasteiger partial charge in [-0.05, 0) is 41.3 Å². The summed E-state index contributed by atoms with van der Waals surface area (Å²) < 4.78 is 12.8. The predicted octanol–water partition coefficient (Wildman–Crippen LogP) is 2.65. The van der Waals surface area contributed by atoms with Crippen molar-refractivity contribution in [2.45, 2.75) is 13.5 Å². The maximum absolute atomic E-state index is 12.8. The summed E-state index contributed by atoms with van der Waals surface area (Å²) in [6.45, 7) is 2.41. The number of nitrogens with two attached hydrogens (primary N) is 1. The van der Waals surface area contributed by atoms with E-state index in [1.807, 2.05) is 6.92 Å². The summed E-state index contributed by atoms with van der Waals surface area (Å²) in [7, 11) is 0. The third-order valence-electron chi connectivity index (χ3n) is 2.57. The molecule has 2 rings (SSSR count). The van der Waals surface area contributed by atoms with Gasteiger partial charge in [-0.1, -0.05) is 12.1 Å². The highest BCUT2D eigenvalue weighted by molar-refractivity contribution is 5.70. The summed E-state index contributed by atoms with van der Waals surface area (Å²) in [6.07, 6.45) is 3.55. The molecule has 0 aliphatic carbocycles. The molecule has 0 aliphatic rings. The second-order valence-electron chi connectivity index (χ2n) is 3.70. The number of pyridine rings is 1. The van der Waals surface area contributed by atoms with E-state index in [1.54, 1.807) is 24.5 Å². The molecule has 2 N–H and O–H groups in total. The molecule has 1 heterocycles. The van der Waals surface area contributed by atoms with Crippen LogP contribution in [0.3, 0.4) is 0 Å². The molecule has 0 amide bonds. The summed E-state index contributed by atoms with van der Waals surface area (Å²) in [5.41, 5.74) is 9.73. The summed E-state index contributed by atoms with van der Waals surface area (Å²) in [5.74, 6) is -0.232. The molecule has 0 atom stereocenters. The average Bonchev–Trinajstić information content (AvgIpc) is 2.30. The molecule has 0 aliphatic heterocycles. The van der Waals surface area contributed by atoms with Gasteiger partial charge in [0, 0.05) is 18.9 Å². The largest absolute Gasteiger partial charge is 0.326 e. The zero-order valence-electron chi connectivity index (χ0n) is 9.07. The molecule has 0 fully saturated rings. The zero-order valence-corrected chi connectivity index (χ0v) is 9.07. The lowest BCUT2D eigenvalue weighted by atomic mass is 9.97. The molecule has 82 valence electrons. The Morgan fingerprint density at radius 3 is 2.50 bits per heavy atom. The molecule has 3 heteroatoms. The van der Waals surface area contributed by atoms with Crippen molar-refractivity contribution in [1.29, 1.82) is 0 Å². The van der Waals surface area contributed by atoms with Crippen LogP contribution in [-0.4, -0.2) is 4.98 Å². The second kappa shape index (κ2) is 4.41. The minimum Gasteiger partial charge on any atom is -0.326 e. The molecule has 0 spiro atoms. The number of rotatable bonds is 2. The molecular weight excluding hydrogens is 203 g/mol. The Morgan fingerprint density at radius 2 is 1.88 bits per heavy atom. The van der Waals surface area contributed by atoms with E-state index in [9.17, 15) is 4.39 Å². The monoisotopic (exact) mass is 216 g/mol. The first-order valence-corrected chi connectivity index (χ1v) is 5.12. The van der Waals surface area contributed by atoms with Crippen LogP contribution in [0.2, 0.25) is 0 Å². The maximum atomic E-state index is 12.8. The smallest absolute Gasteiger partial charge is 0.123 e. The fraction of sp³-hybridized carbons (Fsp3) is 0.154. The molecule has 16 heavy (non-hydrogen) atoms. The third-order valence-corrected chi connectivity index (χ3v) is 2.57. The van der Waals surface area contributed by atoms with Gasteiger partial charge in [-0.2, -0.15) is 0 Å². The maximum Gasteiger partial charge on any atom is 0.123 e. The van der Waals surface area contributed by atoms with Gasteiger partial charge in [0.25, 0.3) is 0 Å². The first-order chi connectivity index (χ1) is 7.72. The molecule has 0 unspecified atom stereocenters. The summed E-state index contributed by atoms with van der Waals surface area (Å²) in [6, 6.07) is 6.43. The van der Waals surface area contributed by atoms with Crippen LogP contribution in [-0.2, 0) is 6.54 Å². The second-order valence-corrected chi connectivity index (χ2v) is 3.70. The summed E-state index contributed by atoms with van der Waals surface area (Å²) >= 11 is 0. The normalized spacial score (nSPS) is 10.4. The van der Waals surface area contributed by atoms with E-state index in [4.69, 9.17) is 5.73 Å². The van der Waals surface area contributed by atoms with E-state index in [1.165, 1.54) is 12.1 Å². The van der Waals surface area contributed by atoms with E-state index in [-0.39, 0.29) is 5.82 Å². The standard InChI is InChI=1S/C13H13FN2/c1-9-7-16-8-11(6-15)13(9)10-2-4-12(14)5-3-10/h2-5,7-8H,6,15H2,1H3. The van der Waals surface area contributed by atoms with Crippen LogP contribution in [0.1, 0.15) is 11.1 Å². The highest BCUT2D eigenvalue weighted by Gasteiger charge is 2.07. The van der Waals surface area contributed by atoms with E-state index >= 15 is 0 Å². The van der Waals surface area contributed by atoms with Gasteiger partial charge in [0.15, 0.2) is 0 Å². The zero-order chi connectivity index (χ0) is 11.5. The van der Waals surface area contributed by atoms with Crippen molar-refractivity contribution in [3.8, 4) is 11.1 Å². The number of nitrogens with zero attached hydrogens (tertiary/aromatic N) is 1. The molecular formula is C13H13FN2. The minimum absolute atomic E-state index is 0.232. The van der Waals surface area contributed by atoms with E-state index in [2.05, 4.69) is 4.98 Å². The summed E-state index contributed by atoms with van der Waals surface area (Å²) in [5, 5.41) is 0. The van der Waals surface area contributed by atoms with E-state index in [0.717, 1.165) is 22.3 Å². The van der Waals surface area contributed by atoms with Gasteiger partial charge in [0.05, 0.1) is 0 Å². The van der Waals surface area contributed by atoms with Crippen molar-refractivity contribution in [2.75, 3.05) is 0 Å². The Bertz CT molecular complexity index is 492. The van der Waals surface area contributed by atoms with Gasteiger partial charge in [0.2, 0.25) is 0 Å². The van der Waals surface area contributed by atoms with Crippen LogP contribution >= 0.6 is 0 Å². The van der Waals surface area contributed by atoms with Crippen molar-refractivity contribution in [3.05, 3.63) is 53.6 Å². The highest BCUT2D eigenvalue weighted by atomic mass is 19.1. The number of aryl methyl sites for hydroxylation is 1. The van der Waals surface area contributed by atoms with Crippen LogP contribution < -0.4 is 5.73 Å². The minimum atomic E-state index is -0.232. The fourth-order valence-electron chi connectivity index (χ4n) is 1.81. The van der Waals surface area contributed by atoms with Crippen molar-refractivity contribution in [1.82, 2.24) is 4.98 Å². The number of hydrogen-bond donors (Lipinski definition) is 1. The molecule has 0 radical (unpaired) electrons. The fourth-order valence-corrected chi connectivity index (χ4v) is 1.81. The molecule has 0 saturated heterocycles. The highest BCUT2D eigenvalue weighted by Crippen LogP contribution is 2.26. The lowest BCUT2D eigenvalue weighted by Gasteiger charge is -2.10. The molecule has 2 aromatic rings. The predicted molar refractivity (Wildman–Crippen MR) is 62.3 cm³/mol. The van der Waals surface area contributed by atoms with Crippen LogP contribution in [0.5, 0.6) is 0 Å². The SMILES string of the molecule is Cc1cncc(CN)c1-c1ccc(F)cc1. The van der Waals surface area contributed by atoms with Crippen LogP contribution in [0.4, 0.5) is 4.39 Å². The van der Waals surface area contributed by atoms with Crippen LogP contribution in [0.15, 0.2) is 36.7 Å². The first-order valence-electron chi connectivity index (χ1n) is 5.12. The van der Waals surface area contributed by atoms with Crippen LogP contribution in [0, 0.1) is 12.7 Å². The Labute approximate surface area is 93.9 Å². The van der Waals surface area contributed by atoms with Gasteiger partial charge in [-0.15, -0.1) is 0 Å². The number of aromatic nitrogens is 1. The number of hydrogen-bond acceptors (Lipinski definition) is 2. The number of benzene rings is 1. The molecule has 1 aromatic carbocycles. The van der Waals surface area contributed by atoms with Crippen LogP contribution in [0.25, 0.3) is 11.1 Å². The van der Waals surface area contributed by atoms with Crippen molar-refractivity contribution in [3.63, 3.8) is 0 Å². The average molecular weight is 216 g/mol. The topological polar surface area (TPSA) is 38.9 Å². The third kappa shape index (κ3) is 1.95. The van der Waals surface area contributed by atoms with Gasteiger partial charge in [0.1, 0.15) is 5.82 Å². The Hall–Kier alpha value is -1.74. The quantitative estimate of drug-likeness (QED) is 0.838. The Balaban J connectivity index is 2.58. The van der Waals surface area contributed by atoms with E-state index in [0.29, 0.717) is 6.54 Å². The lowest BCUT2D eigenvalue weighted by molar-refractivity contribution is 0.628. The van der Waals surface area contributed by atoms with Crippen molar-refractivity contribution in [2.24, 2.45) is 5.73 Å². The molecule has 1 aromatic heterocycles. The van der Waals surface area contributed by atoms with Gasteiger partial charge < -0.3 is 5.73 Å².